The van der Waals surface area contributed by atoms with Gasteiger partial charge >= 0.3 is 0 Å². The van der Waals surface area contributed by atoms with Gasteiger partial charge in [-0.1, -0.05) is 0 Å². The van der Waals surface area contributed by atoms with Crippen molar-refractivity contribution in [1.29, 1.82) is 0 Å². The Kier molecular flexibility index (Phi) is 4.40. The summed E-state index contributed by atoms with van der Waals surface area (Å²) < 4.78 is 5.28. The van der Waals surface area contributed by atoms with E-state index in [-0.39, 0.29) is 0 Å². The van der Waals surface area contributed by atoms with Crippen LogP contribution < -0.4 is 4.74 Å². The van der Waals surface area contributed by atoms with Crippen LogP contribution in [0.25, 0.3) is 0 Å². The number of ether oxygens (including phenoxy) is 1. The van der Waals surface area contributed by atoms with Gasteiger partial charge in [-0.2, -0.15) is 0 Å². The van der Waals surface area contributed by atoms with Crippen molar-refractivity contribution in [3.63, 3.8) is 0 Å². The minimum Gasteiger partial charge on any atom is -0.494 e. The maximum absolute atomic E-state index is 9.98. The van der Waals surface area contributed by atoms with E-state index < -0.39 is 0 Å². The molecule has 0 saturated heterocycles. The smallest absolute Gasteiger partial charge is 0.209 e. The van der Waals surface area contributed by atoms with Gasteiger partial charge in [0.05, 0.1) is 12.4 Å². The molecular weight excluding hydrogens is 184 g/mol. The van der Waals surface area contributed by atoms with E-state index in [1.165, 1.54) is 11.8 Å². The minimum atomic E-state index is 0.383. The van der Waals surface area contributed by atoms with Gasteiger partial charge in [0.25, 0.3) is 0 Å². The molecule has 2 nitrogen and oxygen atoms in total. The topological polar surface area (TPSA) is 26.3 Å². The van der Waals surface area contributed by atoms with Crippen LogP contribution >= 0.6 is 11.8 Å². The Bertz CT molecular complexity index is 256. The maximum Gasteiger partial charge on any atom is 0.209 e. The van der Waals surface area contributed by atoms with Crippen molar-refractivity contribution in [2.75, 3.05) is 12.4 Å². The van der Waals surface area contributed by atoms with Crippen molar-refractivity contribution in [2.45, 2.75) is 11.8 Å². The molecule has 0 aliphatic heterocycles. The van der Waals surface area contributed by atoms with E-state index in [4.69, 9.17) is 4.74 Å². The predicted molar refractivity (Wildman–Crippen MR) is 54.0 cm³/mol. The van der Waals surface area contributed by atoms with Gasteiger partial charge in [0.1, 0.15) is 5.75 Å². The fourth-order valence-corrected chi connectivity index (χ4v) is 1.47. The van der Waals surface area contributed by atoms with Gasteiger partial charge < -0.3 is 4.74 Å². The van der Waals surface area contributed by atoms with Gasteiger partial charge in [0, 0.05) is 4.90 Å². The summed E-state index contributed by atoms with van der Waals surface area (Å²) in [7, 11) is 0. The van der Waals surface area contributed by atoms with Crippen molar-refractivity contribution in [3.05, 3.63) is 24.3 Å². The van der Waals surface area contributed by atoms with E-state index in [2.05, 4.69) is 0 Å². The summed E-state index contributed by atoms with van der Waals surface area (Å²) in [5.74, 6) is 1.25. The molecule has 0 N–H and O–H groups in total. The van der Waals surface area contributed by atoms with Crippen molar-refractivity contribution >= 4 is 18.0 Å². The van der Waals surface area contributed by atoms with Gasteiger partial charge in [0.15, 0.2) is 0 Å². The summed E-state index contributed by atoms with van der Waals surface area (Å²) in [5, 5.41) is 0. The Morgan fingerprint density at radius 1 is 1.38 bits per heavy atom. The van der Waals surface area contributed by atoms with E-state index in [0.29, 0.717) is 12.4 Å². The van der Waals surface area contributed by atoms with Crippen LogP contribution in [0.3, 0.4) is 0 Å². The Morgan fingerprint density at radius 3 is 2.62 bits per heavy atom. The second-order valence-corrected chi connectivity index (χ2v) is 3.39. The van der Waals surface area contributed by atoms with Crippen LogP contribution in [0, 0.1) is 0 Å². The Hall–Kier alpha value is -0.960. The Balaban J connectivity index is 2.53. The second kappa shape index (κ2) is 5.65. The lowest BCUT2D eigenvalue weighted by atomic mass is 10.3. The second-order valence-electron chi connectivity index (χ2n) is 2.34. The van der Waals surface area contributed by atoms with Gasteiger partial charge in [-0.05, 0) is 31.2 Å². The number of hydrogen-bond acceptors (Lipinski definition) is 3. The standard InChI is InChI=1S/C10H11O2S/c1-2-12-9-3-5-10(6-4-9)13-8-7-11/h3-6H,2,8H2,1H3. The van der Waals surface area contributed by atoms with Crippen molar-refractivity contribution in [2.24, 2.45) is 0 Å². The monoisotopic (exact) mass is 195 g/mol. The summed E-state index contributed by atoms with van der Waals surface area (Å²) in [4.78, 5) is 11.0. The number of rotatable bonds is 5. The van der Waals surface area contributed by atoms with E-state index in [1.807, 2.05) is 37.5 Å². The van der Waals surface area contributed by atoms with Gasteiger partial charge in [-0.3, -0.25) is 4.79 Å². The lowest BCUT2D eigenvalue weighted by molar-refractivity contribution is 0.340. The zero-order chi connectivity index (χ0) is 9.52. The van der Waals surface area contributed by atoms with Crippen LogP contribution in [-0.4, -0.2) is 18.6 Å². The van der Waals surface area contributed by atoms with Gasteiger partial charge in [-0.15, -0.1) is 11.8 Å². The third-order valence-electron chi connectivity index (χ3n) is 1.43. The van der Waals surface area contributed by atoms with Crippen LogP contribution in [0.5, 0.6) is 5.75 Å². The first-order chi connectivity index (χ1) is 6.36. The highest BCUT2D eigenvalue weighted by Gasteiger charge is 1.94. The molecule has 0 saturated carbocycles. The summed E-state index contributed by atoms with van der Waals surface area (Å²) >= 11 is 1.47. The highest BCUT2D eigenvalue weighted by Crippen LogP contribution is 2.20. The average Bonchev–Trinajstić information content (AvgIpc) is 2.17. The van der Waals surface area contributed by atoms with E-state index in [1.54, 1.807) is 0 Å². The van der Waals surface area contributed by atoms with Crippen molar-refractivity contribution < 1.29 is 9.53 Å². The van der Waals surface area contributed by atoms with Gasteiger partial charge in [0.2, 0.25) is 6.29 Å². The first-order valence-corrected chi connectivity index (χ1v) is 5.06. The summed E-state index contributed by atoms with van der Waals surface area (Å²) in [6.07, 6.45) is 1.84. The van der Waals surface area contributed by atoms with Crippen LogP contribution in [0.2, 0.25) is 0 Å². The SMILES string of the molecule is CCOc1ccc(SC[C]=O)cc1. The Morgan fingerprint density at radius 2 is 2.08 bits per heavy atom. The molecule has 1 aromatic rings. The molecule has 0 aliphatic carbocycles. The molecule has 3 heteroatoms. The molecule has 0 spiro atoms. The van der Waals surface area contributed by atoms with Crippen molar-refractivity contribution in [1.82, 2.24) is 0 Å². The Labute approximate surface area is 82.3 Å². The number of benzene rings is 1. The normalized spacial score (nSPS) is 9.62. The molecule has 0 heterocycles. The molecule has 0 aliphatic rings. The maximum atomic E-state index is 9.98. The van der Waals surface area contributed by atoms with Crippen LogP contribution in [0.1, 0.15) is 6.92 Å². The molecule has 0 atom stereocenters. The van der Waals surface area contributed by atoms with Gasteiger partial charge in [-0.25, -0.2) is 0 Å². The molecule has 1 rings (SSSR count). The van der Waals surface area contributed by atoms with Crippen LogP contribution in [0.4, 0.5) is 0 Å². The van der Waals surface area contributed by atoms with E-state index in [9.17, 15) is 4.79 Å². The summed E-state index contributed by atoms with van der Waals surface area (Å²) in [6.45, 7) is 2.62. The molecule has 69 valence electrons. The predicted octanol–water partition coefficient (Wildman–Crippen LogP) is 2.29. The zero-order valence-corrected chi connectivity index (χ0v) is 8.26. The number of hydrogen-bond donors (Lipinski definition) is 0. The minimum absolute atomic E-state index is 0.383. The van der Waals surface area contributed by atoms with Crippen LogP contribution in [0.15, 0.2) is 29.2 Å². The quantitative estimate of drug-likeness (QED) is 0.674. The molecule has 0 unspecified atom stereocenters. The molecule has 0 fully saturated rings. The third-order valence-corrected chi connectivity index (χ3v) is 2.30. The molecule has 1 radical (unpaired) electrons. The molecule has 0 aromatic heterocycles. The third kappa shape index (κ3) is 3.51. The van der Waals surface area contributed by atoms with Crippen molar-refractivity contribution in [3.8, 4) is 5.75 Å². The summed E-state index contributed by atoms with van der Waals surface area (Å²) in [5.41, 5.74) is 0. The number of thioether (sulfide) groups is 1. The molecular formula is C10H11O2S. The lowest BCUT2D eigenvalue weighted by Gasteiger charge is -2.02. The number of carbonyl (C=O) groups excluding carboxylic acids is 1. The van der Waals surface area contributed by atoms with Crippen LogP contribution in [-0.2, 0) is 4.79 Å². The first kappa shape index (κ1) is 10.1. The van der Waals surface area contributed by atoms with E-state index >= 15 is 0 Å². The molecule has 13 heavy (non-hydrogen) atoms. The molecule has 1 aromatic carbocycles. The highest BCUT2D eigenvalue weighted by atomic mass is 32.2. The summed E-state index contributed by atoms with van der Waals surface area (Å²) in [6, 6.07) is 7.67. The average molecular weight is 195 g/mol. The van der Waals surface area contributed by atoms with E-state index in [0.717, 1.165) is 10.6 Å². The lowest BCUT2D eigenvalue weighted by Crippen LogP contribution is -1.90. The molecule has 0 amide bonds. The zero-order valence-electron chi connectivity index (χ0n) is 7.45. The largest absolute Gasteiger partial charge is 0.494 e. The highest BCUT2D eigenvalue weighted by molar-refractivity contribution is 7.99. The fourth-order valence-electron chi connectivity index (χ4n) is 0.912. The molecule has 0 bridgehead atoms. The first-order valence-electron chi connectivity index (χ1n) is 4.07. The fraction of sp³-hybridized carbons (Fsp3) is 0.300.